The second kappa shape index (κ2) is 6.99. The van der Waals surface area contributed by atoms with Crippen molar-refractivity contribution in [3.05, 3.63) is 57.6 Å². The Morgan fingerprint density at radius 1 is 1.31 bits per heavy atom. The molecule has 0 saturated heterocycles. The third-order valence-corrected chi connectivity index (χ3v) is 5.34. The maximum Gasteiger partial charge on any atom is 0.315 e. The minimum absolute atomic E-state index is 0.0610. The molecule has 29 heavy (non-hydrogen) atoms. The van der Waals surface area contributed by atoms with Crippen LogP contribution in [0.25, 0.3) is 16.3 Å². The number of thiazole rings is 1. The highest BCUT2D eigenvalue weighted by molar-refractivity contribution is 7.22. The number of ether oxygens (including phenoxy) is 1. The van der Waals surface area contributed by atoms with E-state index in [0.717, 1.165) is 10.2 Å². The summed E-state index contributed by atoms with van der Waals surface area (Å²) in [6.45, 7) is 1.67. The molecule has 0 fully saturated rings. The van der Waals surface area contributed by atoms with E-state index in [1.54, 1.807) is 6.92 Å². The summed E-state index contributed by atoms with van der Waals surface area (Å²) >= 11 is 1.34. The number of aromatic hydroxyl groups is 1. The van der Waals surface area contributed by atoms with Crippen molar-refractivity contribution in [2.75, 3.05) is 12.1 Å². The number of carbonyl (C=O) groups excluding carboxylic acids is 1. The van der Waals surface area contributed by atoms with Gasteiger partial charge in [-0.1, -0.05) is 23.5 Å². The number of nitro benzene ring substituents is 1. The van der Waals surface area contributed by atoms with Gasteiger partial charge >= 0.3 is 5.69 Å². The zero-order valence-corrected chi connectivity index (χ0v) is 16.1. The fourth-order valence-corrected chi connectivity index (χ4v) is 3.84. The summed E-state index contributed by atoms with van der Waals surface area (Å²) in [6, 6.07) is 10.1. The Bertz CT molecular complexity index is 1200. The highest BCUT2D eigenvalue weighted by atomic mass is 32.1. The number of aromatic nitrogens is 1. The molecule has 1 N–H and O–H groups in total. The van der Waals surface area contributed by atoms with Crippen molar-refractivity contribution in [1.82, 2.24) is 4.98 Å². The quantitative estimate of drug-likeness (QED) is 0.398. The minimum atomic E-state index is -0.718. The van der Waals surface area contributed by atoms with Crippen LogP contribution in [0.4, 0.5) is 10.8 Å². The van der Waals surface area contributed by atoms with Crippen molar-refractivity contribution in [1.29, 1.82) is 0 Å². The highest BCUT2D eigenvalue weighted by Crippen LogP contribution is 2.38. The van der Waals surface area contributed by atoms with E-state index >= 15 is 0 Å². The molecule has 0 spiro atoms. The van der Waals surface area contributed by atoms with Crippen LogP contribution in [0, 0.1) is 10.1 Å². The van der Waals surface area contributed by atoms with Gasteiger partial charge in [-0.3, -0.25) is 14.9 Å². The van der Waals surface area contributed by atoms with Gasteiger partial charge < -0.3 is 9.84 Å². The van der Waals surface area contributed by atoms with Gasteiger partial charge in [0.15, 0.2) is 5.75 Å². The lowest BCUT2D eigenvalue weighted by Gasteiger charge is -2.07. The van der Waals surface area contributed by atoms with Crippen molar-refractivity contribution >= 4 is 50.1 Å². The number of phenolic OH excluding ortho intramolecular Hbond substituents is 1. The number of amides is 1. The number of nitro groups is 1. The van der Waals surface area contributed by atoms with Crippen LogP contribution in [0.1, 0.15) is 12.5 Å². The third kappa shape index (κ3) is 3.19. The normalized spacial score (nSPS) is 15.2. The summed E-state index contributed by atoms with van der Waals surface area (Å²) in [4.78, 5) is 27.9. The number of phenols is 1. The minimum Gasteiger partial charge on any atom is -0.500 e. The molecule has 3 aromatic rings. The number of benzene rings is 2. The Labute approximate surface area is 168 Å². The van der Waals surface area contributed by atoms with E-state index in [0.29, 0.717) is 16.4 Å². The molecule has 0 saturated carbocycles. The van der Waals surface area contributed by atoms with Crippen LogP contribution in [-0.4, -0.2) is 33.7 Å². The third-order valence-electron chi connectivity index (χ3n) is 4.33. The van der Waals surface area contributed by atoms with Crippen LogP contribution in [0.5, 0.6) is 11.5 Å². The lowest BCUT2D eigenvalue weighted by atomic mass is 10.1. The van der Waals surface area contributed by atoms with Crippen molar-refractivity contribution < 1.29 is 19.6 Å². The Kier molecular flexibility index (Phi) is 4.47. The maximum absolute atomic E-state index is 12.9. The Morgan fingerprint density at radius 3 is 2.76 bits per heavy atom. The number of hydrogen-bond acceptors (Lipinski definition) is 8. The average molecular weight is 410 g/mol. The second-order valence-electron chi connectivity index (χ2n) is 6.17. The fourth-order valence-electron chi connectivity index (χ4n) is 2.92. The molecule has 146 valence electrons. The van der Waals surface area contributed by atoms with E-state index < -0.39 is 22.3 Å². The topological polar surface area (TPSA) is 118 Å². The standard InChI is InChI=1S/C19H14N4O5S/c1-10-12(7-11-8-14(23(26)27)17(24)15(9-11)28-2)18(25)22(21-10)19-20-13-5-3-4-6-16(13)29-19/h3-9,24H,1-2H3/b12-7+. The second-order valence-corrected chi connectivity index (χ2v) is 7.18. The molecule has 0 atom stereocenters. The van der Waals surface area contributed by atoms with Gasteiger partial charge in [0.2, 0.25) is 10.9 Å². The molecule has 9 nitrogen and oxygen atoms in total. The van der Waals surface area contributed by atoms with Gasteiger partial charge in [-0.15, -0.1) is 0 Å². The Morgan fingerprint density at radius 2 is 2.07 bits per heavy atom. The molecule has 10 heteroatoms. The molecule has 0 unspecified atom stereocenters. The summed E-state index contributed by atoms with van der Waals surface area (Å²) in [7, 11) is 1.29. The Hall–Kier alpha value is -3.79. The van der Waals surface area contributed by atoms with Crippen molar-refractivity contribution in [2.24, 2.45) is 5.10 Å². The van der Waals surface area contributed by atoms with Crippen molar-refractivity contribution in [3.8, 4) is 11.5 Å². The molecule has 1 aliphatic rings. The molecule has 1 aromatic heterocycles. The van der Waals surface area contributed by atoms with E-state index in [1.165, 1.54) is 41.7 Å². The summed E-state index contributed by atoms with van der Waals surface area (Å²) in [5.41, 5.74) is 1.30. The predicted molar refractivity (Wildman–Crippen MR) is 110 cm³/mol. The number of methoxy groups -OCH3 is 1. The molecule has 1 aliphatic heterocycles. The van der Waals surface area contributed by atoms with E-state index in [2.05, 4.69) is 10.1 Å². The SMILES string of the molecule is COc1cc(/C=C2/C(=O)N(c3nc4ccccc4s3)N=C2C)cc([N+](=O)[O-])c1O. The number of nitrogens with zero attached hydrogens (tertiary/aromatic N) is 4. The van der Waals surface area contributed by atoms with E-state index in [1.807, 2.05) is 24.3 Å². The Balaban J connectivity index is 1.74. The summed E-state index contributed by atoms with van der Waals surface area (Å²) in [5, 5.41) is 27.1. The molecule has 2 heterocycles. The van der Waals surface area contributed by atoms with Gasteiger partial charge in [-0.25, -0.2) is 4.98 Å². The number of rotatable bonds is 4. The van der Waals surface area contributed by atoms with E-state index in [4.69, 9.17) is 4.74 Å². The highest BCUT2D eigenvalue weighted by Gasteiger charge is 2.31. The number of fused-ring (bicyclic) bond motifs is 1. The van der Waals surface area contributed by atoms with Gasteiger partial charge in [0.25, 0.3) is 5.91 Å². The molecule has 1 amide bonds. The zero-order chi connectivity index (χ0) is 20.7. The predicted octanol–water partition coefficient (Wildman–Crippen LogP) is 3.72. The number of hydrazone groups is 1. The van der Waals surface area contributed by atoms with E-state index in [-0.39, 0.29) is 11.3 Å². The number of carbonyl (C=O) groups is 1. The zero-order valence-electron chi connectivity index (χ0n) is 15.3. The molecule has 2 aromatic carbocycles. The first kappa shape index (κ1) is 18.6. The van der Waals surface area contributed by atoms with Crippen LogP contribution in [0.15, 0.2) is 47.1 Å². The fraction of sp³-hybridized carbons (Fsp3) is 0.105. The summed E-state index contributed by atoms with van der Waals surface area (Å²) in [6.07, 6.45) is 1.48. The van der Waals surface area contributed by atoms with Crippen molar-refractivity contribution in [3.63, 3.8) is 0 Å². The van der Waals surface area contributed by atoms with Crippen LogP contribution in [-0.2, 0) is 4.79 Å². The first-order valence-electron chi connectivity index (χ1n) is 8.41. The number of hydrogen-bond donors (Lipinski definition) is 1. The molecular weight excluding hydrogens is 396 g/mol. The van der Waals surface area contributed by atoms with Gasteiger partial charge in [-0.2, -0.15) is 10.1 Å². The summed E-state index contributed by atoms with van der Waals surface area (Å²) < 4.78 is 5.93. The average Bonchev–Trinajstić information content (AvgIpc) is 3.24. The molecule has 0 radical (unpaired) electrons. The molecule has 0 bridgehead atoms. The lowest BCUT2D eigenvalue weighted by Crippen LogP contribution is -2.21. The van der Waals surface area contributed by atoms with Crippen LogP contribution in [0.3, 0.4) is 0 Å². The first-order valence-corrected chi connectivity index (χ1v) is 9.23. The van der Waals surface area contributed by atoms with Gasteiger partial charge in [0.1, 0.15) is 0 Å². The molecule has 0 aliphatic carbocycles. The van der Waals surface area contributed by atoms with Crippen molar-refractivity contribution in [2.45, 2.75) is 6.92 Å². The number of anilines is 1. The van der Waals surface area contributed by atoms with Gasteiger partial charge in [-0.05, 0) is 36.8 Å². The monoisotopic (exact) mass is 410 g/mol. The smallest absolute Gasteiger partial charge is 0.315 e. The van der Waals surface area contributed by atoms with Gasteiger partial charge in [0, 0.05) is 6.07 Å². The molecule has 4 rings (SSSR count). The lowest BCUT2D eigenvalue weighted by molar-refractivity contribution is -0.386. The maximum atomic E-state index is 12.9. The molecular formula is C19H14N4O5S. The van der Waals surface area contributed by atoms with Gasteiger partial charge in [0.05, 0.1) is 33.5 Å². The summed E-state index contributed by atoms with van der Waals surface area (Å²) in [5.74, 6) is -1.02. The van der Waals surface area contributed by atoms with Crippen LogP contribution < -0.4 is 9.75 Å². The van der Waals surface area contributed by atoms with E-state index in [9.17, 15) is 20.0 Å². The first-order chi connectivity index (χ1) is 13.9. The van der Waals surface area contributed by atoms with Crippen LogP contribution in [0.2, 0.25) is 0 Å². The number of para-hydroxylation sites is 1. The van der Waals surface area contributed by atoms with Crippen LogP contribution >= 0.6 is 11.3 Å². The largest absolute Gasteiger partial charge is 0.500 e.